The number of para-hydroxylation sites is 1. The summed E-state index contributed by atoms with van der Waals surface area (Å²) in [6.07, 6.45) is 0. The van der Waals surface area contributed by atoms with Crippen LogP contribution in [0.3, 0.4) is 0 Å². The molecule has 0 bridgehead atoms. The van der Waals surface area contributed by atoms with Crippen LogP contribution in [-0.2, 0) is 0 Å². The molecule has 0 unspecified atom stereocenters. The maximum atomic E-state index is 2.42. The van der Waals surface area contributed by atoms with E-state index in [-0.39, 0.29) is 0 Å². The van der Waals surface area contributed by atoms with E-state index in [0.717, 1.165) is 5.69 Å². The predicted molar refractivity (Wildman–Crippen MR) is 227 cm³/mol. The van der Waals surface area contributed by atoms with Crippen molar-refractivity contribution in [1.29, 1.82) is 0 Å². The van der Waals surface area contributed by atoms with Crippen molar-refractivity contribution in [2.75, 3.05) is 0 Å². The quantitative estimate of drug-likeness (QED) is 0.164. The molecule has 0 fully saturated rings. The van der Waals surface area contributed by atoms with Crippen molar-refractivity contribution in [3.05, 3.63) is 200 Å². The van der Waals surface area contributed by atoms with E-state index in [2.05, 4.69) is 205 Å². The summed E-state index contributed by atoms with van der Waals surface area (Å²) in [7, 11) is 0. The highest BCUT2D eigenvalue weighted by atomic mass is 15.0. The highest BCUT2D eigenvalue weighted by Gasteiger charge is 2.19. The van der Waals surface area contributed by atoms with Gasteiger partial charge in [-0.2, -0.15) is 0 Å². The van der Waals surface area contributed by atoms with Gasteiger partial charge in [-0.1, -0.05) is 170 Å². The van der Waals surface area contributed by atoms with E-state index in [1.165, 1.54) is 98.3 Å². The van der Waals surface area contributed by atoms with Crippen molar-refractivity contribution < 1.29 is 0 Å². The van der Waals surface area contributed by atoms with Gasteiger partial charge < -0.3 is 4.57 Å². The Hall–Kier alpha value is -6.96. The van der Waals surface area contributed by atoms with Crippen LogP contribution in [0.25, 0.3) is 104 Å². The lowest BCUT2D eigenvalue weighted by Gasteiger charge is -2.19. The fourth-order valence-electron chi connectivity index (χ4n) is 8.85. The molecule has 53 heavy (non-hydrogen) atoms. The molecule has 0 N–H and O–H groups in total. The minimum absolute atomic E-state index is 1.15. The first-order chi connectivity index (χ1) is 26.3. The molecule has 0 atom stereocenters. The van der Waals surface area contributed by atoms with Crippen LogP contribution in [0.15, 0.2) is 200 Å². The molecule has 0 aliphatic heterocycles. The Labute approximate surface area is 307 Å². The Morgan fingerprint density at radius 2 is 0.717 bits per heavy atom. The second-order valence-corrected chi connectivity index (χ2v) is 14.0. The lowest BCUT2D eigenvalue weighted by molar-refractivity contribution is 1.18. The molecule has 10 aromatic carbocycles. The van der Waals surface area contributed by atoms with E-state index in [4.69, 9.17) is 0 Å². The van der Waals surface area contributed by atoms with Crippen LogP contribution in [0, 0.1) is 0 Å². The average Bonchev–Trinajstić information content (AvgIpc) is 3.56. The lowest BCUT2D eigenvalue weighted by Crippen LogP contribution is -1.95. The third-order valence-electron chi connectivity index (χ3n) is 11.2. The molecule has 0 amide bonds. The first-order valence-electron chi connectivity index (χ1n) is 18.4. The number of nitrogens with zero attached hydrogens (tertiary/aromatic N) is 1. The zero-order chi connectivity index (χ0) is 34.9. The number of rotatable bonds is 4. The van der Waals surface area contributed by atoms with Gasteiger partial charge in [0.15, 0.2) is 0 Å². The van der Waals surface area contributed by atoms with Crippen molar-refractivity contribution in [3.63, 3.8) is 0 Å². The molecular formula is C52H33N. The largest absolute Gasteiger partial charge is 0.309 e. The minimum atomic E-state index is 1.15. The average molecular weight is 672 g/mol. The zero-order valence-electron chi connectivity index (χ0n) is 29.0. The van der Waals surface area contributed by atoms with Crippen LogP contribution in [0.2, 0.25) is 0 Å². The van der Waals surface area contributed by atoms with Gasteiger partial charge in [0.2, 0.25) is 0 Å². The molecule has 1 aromatic heterocycles. The fourth-order valence-corrected chi connectivity index (χ4v) is 8.85. The molecule has 11 aromatic rings. The first-order valence-corrected chi connectivity index (χ1v) is 18.4. The summed E-state index contributed by atoms with van der Waals surface area (Å²) in [6, 6.07) is 73.5. The highest BCUT2D eigenvalue weighted by Crippen LogP contribution is 2.45. The van der Waals surface area contributed by atoms with Crippen LogP contribution in [0.5, 0.6) is 0 Å². The molecular weight excluding hydrogens is 639 g/mol. The molecule has 11 rings (SSSR count). The van der Waals surface area contributed by atoms with E-state index in [9.17, 15) is 0 Å². The number of aromatic nitrogens is 1. The van der Waals surface area contributed by atoms with E-state index in [1.54, 1.807) is 0 Å². The lowest BCUT2D eigenvalue weighted by atomic mass is 9.85. The monoisotopic (exact) mass is 671 g/mol. The second kappa shape index (κ2) is 11.8. The Morgan fingerprint density at radius 1 is 0.264 bits per heavy atom. The smallest absolute Gasteiger partial charge is 0.0541 e. The Morgan fingerprint density at radius 3 is 1.36 bits per heavy atom. The standard InChI is InChI=1S/C52H33N/c1-3-17-39-34(13-1)15-11-24-41(39)37-29-32-50-48(33-37)42-19-9-10-26-49(42)53(50)38-30-27-36(28-31-38)51-44-20-5-7-22-46(44)52(47-23-8-6-21-45(47)51)43-25-12-16-35-14-2-4-18-40(35)43/h1-33H. The van der Waals surface area contributed by atoms with Crippen molar-refractivity contribution in [2.45, 2.75) is 0 Å². The van der Waals surface area contributed by atoms with Crippen molar-refractivity contribution in [2.24, 2.45) is 0 Å². The third kappa shape index (κ3) is 4.58. The van der Waals surface area contributed by atoms with Gasteiger partial charge in [-0.3, -0.25) is 0 Å². The molecule has 0 saturated heterocycles. The van der Waals surface area contributed by atoms with Gasteiger partial charge in [-0.25, -0.2) is 0 Å². The van der Waals surface area contributed by atoms with Gasteiger partial charge in [-0.15, -0.1) is 0 Å². The SMILES string of the molecule is c1ccc2c(-c3ccc4c(c3)c3ccccc3n4-c3ccc(-c4c5ccccc5c(-c5cccc6ccccc56)c5ccccc45)cc3)cccc2c1. The number of fused-ring (bicyclic) bond motifs is 7. The molecule has 0 aliphatic carbocycles. The Kier molecular flexibility index (Phi) is 6.62. The van der Waals surface area contributed by atoms with Gasteiger partial charge in [0.25, 0.3) is 0 Å². The number of hydrogen-bond donors (Lipinski definition) is 0. The maximum absolute atomic E-state index is 2.42. The topological polar surface area (TPSA) is 4.93 Å². The third-order valence-corrected chi connectivity index (χ3v) is 11.2. The summed E-state index contributed by atoms with van der Waals surface area (Å²) in [5.74, 6) is 0. The molecule has 1 heterocycles. The van der Waals surface area contributed by atoms with Crippen molar-refractivity contribution in [3.8, 4) is 39.1 Å². The number of benzene rings is 10. The molecule has 1 heteroatoms. The molecule has 246 valence electrons. The predicted octanol–water partition coefficient (Wildman–Crippen LogP) is 14.4. The maximum Gasteiger partial charge on any atom is 0.0541 e. The van der Waals surface area contributed by atoms with Crippen LogP contribution in [0.4, 0.5) is 0 Å². The van der Waals surface area contributed by atoms with Gasteiger partial charge in [0.05, 0.1) is 11.0 Å². The molecule has 1 nitrogen and oxygen atoms in total. The molecule has 0 saturated carbocycles. The second-order valence-electron chi connectivity index (χ2n) is 14.0. The van der Waals surface area contributed by atoms with Gasteiger partial charge >= 0.3 is 0 Å². The van der Waals surface area contributed by atoms with Crippen LogP contribution < -0.4 is 0 Å². The normalized spacial score (nSPS) is 11.8. The van der Waals surface area contributed by atoms with Crippen molar-refractivity contribution in [1.82, 2.24) is 4.57 Å². The van der Waals surface area contributed by atoms with Gasteiger partial charge in [0, 0.05) is 16.5 Å². The van der Waals surface area contributed by atoms with Crippen molar-refractivity contribution >= 4 is 64.9 Å². The summed E-state index contributed by atoms with van der Waals surface area (Å²) in [4.78, 5) is 0. The first kappa shape index (κ1) is 29.7. The van der Waals surface area contributed by atoms with Gasteiger partial charge in [0.1, 0.15) is 0 Å². The fraction of sp³-hybridized carbons (Fsp3) is 0. The summed E-state index contributed by atoms with van der Waals surface area (Å²) < 4.78 is 2.42. The summed E-state index contributed by atoms with van der Waals surface area (Å²) >= 11 is 0. The zero-order valence-corrected chi connectivity index (χ0v) is 29.0. The Bertz CT molecular complexity index is 3150. The van der Waals surface area contributed by atoms with E-state index < -0.39 is 0 Å². The molecule has 0 radical (unpaired) electrons. The van der Waals surface area contributed by atoms with Crippen LogP contribution in [0.1, 0.15) is 0 Å². The van der Waals surface area contributed by atoms with Crippen LogP contribution in [-0.4, -0.2) is 4.57 Å². The summed E-state index contributed by atoms with van der Waals surface area (Å²) in [5.41, 5.74) is 11.1. The van der Waals surface area contributed by atoms with E-state index in [0.29, 0.717) is 0 Å². The van der Waals surface area contributed by atoms with Crippen LogP contribution >= 0.6 is 0 Å². The number of hydrogen-bond acceptors (Lipinski definition) is 0. The molecule has 0 aliphatic rings. The Balaban J connectivity index is 1.09. The summed E-state index contributed by atoms with van der Waals surface area (Å²) in [6.45, 7) is 0. The van der Waals surface area contributed by atoms with Gasteiger partial charge in [-0.05, 0) is 107 Å². The molecule has 0 spiro atoms. The minimum Gasteiger partial charge on any atom is -0.309 e. The summed E-state index contributed by atoms with van der Waals surface area (Å²) in [5, 5.41) is 12.7. The van der Waals surface area contributed by atoms with E-state index in [1.807, 2.05) is 0 Å². The highest BCUT2D eigenvalue weighted by molar-refractivity contribution is 6.23. The van der Waals surface area contributed by atoms with E-state index >= 15 is 0 Å².